The summed E-state index contributed by atoms with van der Waals surface area (Å²) in [6, 6.07) is 9.18. The maximum Gasteiger partial charge on any atom is 0.191 e. The van der Waals surface area contributed by atoms with Gasteiger partial charge in [0.25, 0.3) is 0 Å². The fourth-order valence-corrected chi connectivity index (χ4v) is 3.44. The van der Waals surface area contributed by atoms with E-state index in [1.54, 1.807) is 11.3 Å². The average molecular weight is 374 g/mol. The van der Waals surface area contributed by atoms with Gasteiger partial charge in [-0.15, -0.1) is 11.3 Å². The Morgan fingerprint density at radius 2 is 1.92 bits per heavy atom. The predicted octanol–water partition coefficient (Wildman–Crippen LogP) is 3.37. The molecule has 0 radical (unpaired) electrons. The van der Waals surface area contributed by atoms with Gasteiger partial charge < -0.3 is 15.5 Å². The number of nitrogens with zero attached hydrogens (tertiary/aromatic N) is 3. The summed E-state index contributed by atoms with van der Waals surface area (Å²) >= 11 is 1.70. The lowest BCUT2D eigenvalue weighted by Crippen LogP contribution is -2.41. The minimum absolute atomic E-state index is 0.284. The van der Waals surface area contributed by atoms with Crippen molar-refractivity contribution in [1.82, 2.24) is 20.5 Å². The van der Waals surface area contributed by atoms with Gasteiger partial charge in [-0.25, -0.2) is 9.98 Å². The van der Waals surface area contributed by atoms with Crippen molar-refractivity contribution in [1.29, 1.82) is 0 Å². The minimum atomic E-state index is 0.284. The van der Waals surface area contributed by atoms with Crippen LogP contribution in [0.5, 0.6) is 0 Å². The van der Waals surface area contributed by atoms with Gasteiger partial charge in [-0.3, -0.25) is 0 Å². The van der Waals surface area contributed by atoms with Crippen molar-refractivity contribution in [3.05, 3.63) is 51.5 Å². The molecular formula is C20H31N5S. The van der Waals surface area contributed by atoms with Crippen LogP contribution in [0.1, 0.15) is 40.9 Å². The van der Waals surface area contributed by atoms with Crippen LogP contribution in [-0.4, -0.2) is 43.0 Å². The zero-order valence-corrected chi connectivity index (χ0v) is 17.4. The topological polar surface area (TPSA) is 52.6 Å². The molecule has 2 N–H and O–H groups in total. The van der Waals surface area contributed by atoms with Gasteiger partial charge in [-0.2, -0.15) is 0 Å². The molecule has 0 aliphatic carbocycles. The third kappa shape index (κ3) is 6.11. The fraction of sp³-hybridized carbons (Fsp3) is 0.500. The highest BCUT2D eigenvalue weighted by atomic mass is 32.1. The third-order valence-electron chi connectivity index (χ3n) is 4.24. The van der Waals surface area contributed by atoms with Crippen molar-refractivity contribution in [2.45, 2.75) is 39.8 Å². The molecule has 2 rings (SSSR count). The summed E-state index contributed by atoms with van der Waals surface area (Å²) in [6.07, 6.45) is 2.97. The van der Waals surface area contributed by atoms with Crippen molar-refractivity contribution in [2.24, 2.45) is 4.99 Å². The number of guanidine groups is 1. The van der Waals surface area contributed by atoms with Crippen LogP contribution >= 0.6 is 11.3 Å². The molecule has 1 heterocycles. The Balaban J connectivity index is 2.03. The average Bonchev–Trinajstić information content (AvgIpc) is 3.05. The number of hydrogen-bond acceptors (Lipinski definition) is 4. The van der Waals surface area contributed by atoms with Crippen molar-refractivity contribution in [3.8, 4) is 0 Å². The van der Waals surface area contributed by atoms with E-state index in [0.29, 0.717) is 6.54 Å². The molecule has 0 aliphatic rings. The van der Waals surface area contributed by atoms with E-state index in [1.165, 1.54) is 16.0 Å². The summed E-state index contributed by atoms with van der Waals surface area (Å²) in [4.78, 5) is 12.5. The van der Waals surface area contributed by atoms with Gasteiger partial charge in [0, 0.05) is 24.2 Å². The van der Waals surface area contributed by atoms with Crippen LogP contribution < -0.4 is 10.6 Å². The van der Waals surface area contributed by atoms with Crippen LogP contribution in [0, 0.1) is 6.92 Å². The van der Waals surface area contributed by atoms with Gasteiger partial charge in [0.1, 0.15) is 5.01 Å². The summed E-state index contributed by atoms with van der Waals surface area (Å²) in [5, 5.41) is 7.84. The number of aliphatic imine (C=N–C) groups is 1. The lowest BCUT2D eigenvalue weighted by Gasteiger charge is -2.26. The van der Waals surface area contributed by atoms with Crippen molar-refractivity contribution in [3.63, 3.8) is 0 Å². The maximum absolute atomic E-state index is 4.67. The number of hydrogen-bond donors (Lipinski definition) is 2. The first kappa shape index (κ1) is 20.4. The molecule has 1 aromatic heterocycles. The summed E-state index contributed by atoms with van der Waals surface area (Å²) in [5.41, 5.74) is 2.68. The molecule has 1 unspecified atom stereocenters. The fourth-order valence-electron chi connectivity index (χ4n) is 2.73. The first-order valence-corrected chi connectivity index (χ1v) is 10.0. The molecule has 1 aromatic carbocycles. The zero-order chi connectivity index (χ0) is 18.9. The highest BCUT2D eigenvalue weighted by Crippen LogP contribution is 2.18. The van der Waals surface area contributed by atoms with Crippen LogP contribution in [0.3, 0.4) is 0 Å². The number of thiazole rings is 1. The summed E-state index contributed by atoms with van der Waals surface area (Å²) in [7, 11) is 4.23. The van der Waals surface area contributed by atoms with E-state index < -0.39 is 0 Å². The quantitative estimate of drug-likeness (QED) is 0.550. The van der Waals surface area contributed by atoms with E-state index in [1.807, 2.05) is 6.20 Å². The normalized spacial score (nSPS) is 13.1. The van der Waals surface area contributed by atoms with Gasteiger partial charge in [-0.1, -0.05) is 31.2 Å². The van der Waals surface area contributed by atoms with E-state index in [4.69, 9.17) is 0 Å². The minimum Gasteiger partial charge on any atom is -0.357 e. The van der Waals surface area contributed by atoms with E-state index in [9.17, 15) is 0 Å². The number of likely N-dealkylation sites (N-methyl/N-ethyl adjacent to an activating group) is 1. The molecule has 0 saturated heterocycles. The number of benzene rings is 1. The van der Waals surface area contributed by atoms with Crippen molar-refractivity contribution in [2.75, 3.05) is 27.2 Å². The lowest BCUT2D eigenvalue weighted by molar-refractivity contribution is 0.298. The zero-order valence-electron chi connectivity index (χ0n) is 16.5. The second-order valence-corrected chi connectivity index (χ2v) is 7.83. The van der Waals surface area contributed by atoms with E-state index >= 15 is 0 Å². The Kier molecular flexibility index (Phi) is 8.06. The molecule has 2 aromatic rings. The number of rotatable bonds is 8. The molecule has 6 heteroatoms. The predicted molar refractivity (Wildman–Crippen MR) is 112 cm³/mol. The molecule has 0 saturated carbocycles. The second-order valence-electron chi connectivity index (χ2n) is 6.52. The Hall–Kier alpha value is -1.92. The number of aromatic nitrogens is 1. The molecule has 0 fully saturated rings. The van der Waals surface area contributed by atoms with Gasteiger partial charge in [-0.05, 0) is 45.5 Å². The molecule has 1 atom stereocenters. The molecule has 0 aliphatic heterocycles. The lowest BCUT2D eigenvalue weighted by atomic mass is 10.0. The molecule has 0 amide bonds. The van der Waals surface area contributed by atoms with Gasteiger partial charge in [0.15, 0.2) is 5.96 Å². The highest BCUT2D eigenvalue weighted by Gasteiger charge is 2.14. The maximum atomic E-state index is 4.67. The molecule has 0 spiro atoms. The molecule has 0 bridgehead atoms. The monoisotopic (exact) mass is 373 g/mol. The Morgan fingerprint density at radius 1 is 1.19 bits per heavy atom. The molecule has 26 heavy (non-hydrogen) atoms. The van der Waals surface area contributed by atoms with Crippen LogP contribution in [0.25, 0.3) is 0 Å². The molecule has 5 nitrogen and oxygen atoms in total. The molecule has 142 valence electrons. The second kappa shape index (κ2) is 10.3. The van der Waals surface area contributed by atoms with Crippen LogP contribution in [0.2, 0.25) is 0 Å². The largest absolute Gasteiger partial charge is 0.357 e. The SMILES string of the molecule is CCNC(=NCc1ncc(C)s1)NCC(c1ccc(CC)cc1)N(C)C. The Labute approximate surface area is 161 Å². The summed E-state index contributed by atoms with van der Waals surface area (Å²) in [6.45, 7) is 8.56. The van der Waals surface area contributed by atoms with Crippen LogP contribution in [0.4, 0.5) is 0 Å². The van der Waals surface area contributed by atoms with Crippen LogP contribution in [-0.2, 0) is 13.0 Å². The number of nitrogens with one attached hydrogen (secondary N) is 2. The molecular weight excluding hydrogens is 342 g/mol. The van der Waals surface area contributed by atoms with E-state index in [-0.39, 0.29) is 6.04 Å². The summed E-state index contributed by atoms with van der Waals surface area (Å²) < 4.78 is 0. The Morgan fingerprint density at radius 3 is 2.46 bits per heavy atom. The van der Waals surface area contributed by atoms with Crippen LogP contribution in [0.15, 0.2) is 35.5 Å². The van der Waals surface area contributed by atoms with Gasteiger partial charge in [0.2, 0.25) is 0 Å². The number of aryl methyl sites for hydroxylation is 2. The Bertz CT molecular complexity index is 690. The smallest absolute Gasteiger partial charge is 0.191 e. The standard InChI is InChI=1S/C20H31N5S/c1-6-16-8-10-17(11-9-16)18(25(4)5)13-23-20(21-7-2)24-14-19-22-12-15(3)26-19/h8-12,18H,6-7,13-14H2,1-5H3,(H2,21,23,24). The van der Waals surface area contributed by atoms with E-state index in [0.717, 1.165) is 30.5 Å². The van der Waals surface area contributed by atoms with E-state index in [2.05, 4.69) is 84.6 Å². The van der Waals surface area contributed by atoms with Crippen molar-refractivity contribution < 1.29 is 0 Å². The first-order chi connectivity index (χ1) is 12.5. The van der Waals surface area contributed by atoms with Crippen molar-refractivity contribution >= 4 is 17.3 Å². The highest BCUT2D eigenvalue weighted by molar-refractivity contribution is 7.11. The summed E-state index contributed by atoms with van der Waals surface area (Å²) in [5.74, 6) is 0.831. The van der Waals surface area contributed by atoms with Gasteiger partial charge >= 0.3 is 0 Å². The van der Waals surface area contributed by atoms with Gasteiger partial charge in [0.05, 0.1) is 12.6 Å². The third-order valence-corrected chi connectivity index (χ3v) is 5.14. The first-order valence-electron chi connectivity index (χ1n) is 9.22.